The van der Waals surface area contributed by atoms with E-state index >= 15 is 0 Å². The molecule has 29 heavy (non-hydrogen) atoms. The Morgan fingerprint density at radius 3 is 2.34 bits per heavy atom. The van der Waals surface area contributed by atoms with Crippen LogP contribution < -0.4 is 10.6 Å². The van der Waals surface area contributed by atoms with Gasteiger partial charge in [-0.05, 0) is 62.2 Å². The van der Waals surface area contributed by atoms with Crippen LogP contribution in [0.15, 0.2) is 54.7 Å². The number of nitriles is 1. The maximum atomic E-state index is 12.7. The molecule has 0 unspecified atom stereocenters. The van der Waals surface area contributed by atoms with Gasteiger partial charge in [-0.1, -0.05) is 23.8 Å². The highest BCUT2D eigenvalue weighted by atomic mass is 16.2. The van der Waals surface area contributed by atoms with E-state index < -0.39 is 0 Å². The molecular formula is C23H20N4O2. The zero-order valence-electron chi connectivity index (χ0n) is 16.4. The summed E-state index contributed by atoms with van der Waals surface area (Å²) < 4.78 is 0. The van der Waals surface area contributed by atoms with Gasteiger partial charge in [0.2, 0.25) is 0 Å². The van der Waals surface area contributed by atoms with Crippen molar-refractivity contribution in [3.05, 3.63) is 88.2 Å². The molecule has 3 rings (SSSR count). The molecule has 3 aromatic rings. The second-order valence-electron chi connectivity index (χ2n) is 6.80. The van der Waals surface area contributed by atoms with Gasteiger partial charge in [-0.15, -0.1) is 0 Å². The fourth-order valence-corrected chi connectivity index (χ4v) is 3.12. The van der Waals surface area contributed by atoms with Crippen LogP contribution in [0.3, 0.4) is 0 Å². The molecule has 0 aliphatic carbocycles. The summed E-state index contributed by atoms with van der Waals surface area (Å²) in [5.74, 6) is -0.777. The Labute approximate surface area is 169 Å². The highest BCUT2D eigenvalue weighted by molar-refractivity contribution is 6.08. The maximum absolute atomic E-state index is 12.7. The van der Waals surface area contributed by atoms with Crippen LogP contribution in [0.5, 0.6) is 0 Å². The fourth-order valence-electron chi connectivity index (χ4n) is 3.12. The van der Waals surface area contributed by atoms with Crippen LogP contribution in [-0.2, 0) is 0 Å². The van der Waals surface area contributed by atoms with Crippen molar-refractivity contribution < 1.29 is 9.59 Å². The quantitative estimate of drug-likeness (QED) is 0.698. The molecule has 0 bridgehead atoms. The number of benzene rings is 2. The monoisotopic (exact) mass is 384 g/mol. The van der Waals surface area contributed by atoms with Crippen molar-refractivity contribution in [3.63, 3.8) is 0 Å². The lowest BCUT2D eigenvalue weighted by Gasteiger charge is -2.13. The minimum atomic E-state index is -0.390. The number of carbonyl (C=O) groups is 2. The van der Waals surface area contributed by atoms with Gasteiger partial charge in [-0.3, -0.25) is 14.6 Å². The van der Waals surface area contributed by atoms with Crippen LogP contribution in [-0.4, -0.2) is 16.8 Å². The topological polar surface area (TPSA) is 94.9 Å². The summed E-state index contributed by atoms with van der Waals surface area (Å²) >= 11 is 0. The lowest BCUT2D eigenvalue weighted by molar-refractivity contribution is 0.102. The summed E-state index contributed by atoms with van der Waals surface area (Å²) in [4.78, 5) is 29.3. The van der Waals surface area contributed by atoms with Gasteiger partial charge in [0.05, 0.1) is 11.6 Å². The molecule has 0 aliphatic heterocycles. The molecule has 2 aromatic carbocycles. The average molecular weight is 384 g/mol. The Hall–Kier alpha value is -3.98. The molecule has 0 spiro atoms. The average Bonchev–Trinajstić information content (AvgIpc) is 2.70. The van der Waals surface area contributed by atoms with Crippen molar-refractivity contribution >= 4 is 23.2 Å². The van der Waals surface area contributed by atoms with Crippen LogP contribution >= 0.6 is 0 Å². The van der Waals surface area contributed by atoms with Crippen molar-refractivity contribution in [1.29, 1.82) is 5.26 Å². The predicted molar refractivity (Wildman–Crippen MR) is 112 cm³/mol. The van der Waals surface area contributed by atoms with E-state index in [1.807, 2.05) is 39.0 Å². The smallest absolute Gasteiger partial charge is 0.274 e. The fraction of sp³-hybridized carbons (Fsp3) is 0.130. The third kappa shape index (κ3) is 4.66. The summed E-state index contributed by atoms with van der Waals surface area (Å²) in [5, 5.41) is 14.6. The molecule has 2 N–H and O–H groups in total. The third-order valence-corrected chi connectivity index (χ3v) is 4.42. The largest absolute Gasteiger partial charge is 0.322 e. The van der Waals surface area contributed by atoms with Crippen LogP contribution in [0.4, 0.5) is 11.4 Å². The van der Waals surface area contributed by atoms with E-state index in [1.165, 1.54) is 18.3 Å². The number of amides is 2. The highest BCUT2D eigenvalue weighted by Gasteiger charge is 2.14. The summed E-state index contributed by atoms with van der Waals surface area (Å²) in [6.07, 6.45) is 1.42. The first-order valence-electron chi connectivity index (χ1n) is 9.04. The number of pyridine rings is 1. The molecule has 0 fully saturated rings. The van der Waals surface area contributed by atoms with Crippen molar-refractivity contribution in [2.75, 3.05) is 10.6 Å². The highest BCUT2D eigenvalue weighted by Crippen LogP contribution is 2.22. The third-order valence-electron chi connectivity index (χ3n) is 4.42. The number of aryl methyl sites for hydroxylation is 3. The van der Waals surface area contributed by atoms with E-state index in [0.29, 0.717) is 16.8 Å². The predicted octanol–water partition coefficient (Wildman–Crippen LogP) is 4.38. The summed E-state index contributed by atoms with van der Waals surface area (Å²) in [6.45, 7) is 5.87. The number of rotatable bonds is 4. The lowest BCUT2D eigenvalue weighted by Crippen LogP contribution is -2.18. The standard InChI is InChI=1S/C23H20N4O2/c1-14-9-15(2)21(16(3)10-14)27-23(29)20-12-18(7-8-25-20)22(28)26-19-6-4-5-17(11-19)13-24/h4-12H,1-3H3,(H,26,28)(H,27,29). The van der Waals surface area contributed by atoms with E-state index in [9.17, 15) is 9.59 Å². The van der Waals surface area contributed by atoms with Gasteiger partial charge in [0.15, 0.2) is 0 Å². The number of nitrogens with one attached hydrogen (secondary N) is 2. The van der Waals surface area contributed by atoms with Crippen LogP contribution in [0.25, 0.3) is 0 Å². The van der Waals surface area contributed by atoms with Crippen LogP contribution in [0, 0.1) is 32.1 Å². The van der Waals surface area contributed by atoms with Crippen LogP contribution in [0.2, 0.25) is 0 Å². The number of hydrogen-bond donors (Lipinski definition) is 2. The van der Waals surface area contributed by atoms with Gasteiger partial charge in [0.1, 0.15) is 5.69 Å². The Morgan fingerprint density at radius 1 is 0.931 bits per heavy atom. The zero-order chi connectivity index (χ0) is 21.0. The number of anilines is 2. The molecule has 6 nitrogen and oxygen atoms in total. The van der Waals surface area contributed by atoms with Gasteiger partial charge >= 0.3 is 0 Å². The van der Waals surface area contributed by atoms with Gasteiger partial charge in [-0.25, -0.2) is 0 Å². The van der Waals surface area contributed by atoms with Gasteiger partial charge in [0, 0.05) is 23.1 Å². The summed E-state index contributed by atoms with van der Waals surface area (Å²) in [7, 11) is 0. The molecular weight excluding hydrogens is 364 g/mol. The molecule has 1 aromatic heterocycles. The first-order chi connectivity index (χ1) is 13.9. The Morgan fingerprint density at radius 2 is 1.66 bits per heavy atom. The second-order valence-corrected chi connectivity index (χ2v) is 6.80. The molecule has 0 aliphatic rings. The molecule has 0 radical (unpaired) electrons. The number of carbonyl (C=O) groups excluding carboxylic acids is 2. The van der Waals surface area contributed by atoms with E-state index in [2.05, 4.69) is 15.6 Å². The minimum Gasteiger partial charge on any atom is -0.322 e. The van der Waals surface area contributed by atoms with E-state index in [4.69, 9.17) is 5.26 Å². The Bertz CT molecular complexity index is 1120. The van der Waals surface area contributed by atoms with Gasteiger partial charge in [-0.2, -0.15) is 5.26 Å². The van der Waals surface area contributed by atoms with Gasteiger partial charge in [0.25, 0.3) is 11.8 Å². The molecule has 0 atom stereocenters. The Kier molecular flexibility index (Phi) is 5.70. The number of nitrogens with zero attached hydrogens (tertiary/aromatic N) is 2. The molecule has 144 valence electrons. The number of hydrogen-bond acceptors (Lipinski definition) is 4. The summed E-state index contributed by atoms with van der Waals surface area (Å²) in [6, 6.07) is 15.6. The second kappa shape index (κ2) is 8.36. The molecule has 2 amide bonds. The number of aromatic nitrogens is 1. The Balaban J connectivity index is 1.79. The molecule has 0 saturated carbocycles. The maximum Gasteiger partial charge on any atom is 0.274 e. The van der Waals surface area contributed by atoms with E-state index in [-0.39, 0.29) is 17.5 Å². The van der Waals surface area contributed by atoms with Crippen molar-refractivity contribution in [3.8, 4) is 6.07 Å². The lowest BCUT2D eigenvalue weighted by atomic mass is 10.0. The van der Waals surface area contributed by atoms with Crippen LogP contribution in [0.1, 0.15) is 43.1 Å². The van der Waals surface area contributed by atoms with Crippen molar-refractivity contribution in [2.24, 2.45) is 0 Å². The molecule has 0 saturated heterocycles. The van der Waals surface area contributed by atoms with Crippen molar-refractivity contribution in [2.45, 2.75) is 20.8 Å². The first-order valence-corrected chi connectivity index (χ1v) is 9.04. The first kappa shape index (κ1) is 19.8. The summed E-state index contributed by atoms with van der Waals surface area (Å²) in [5.41, 5.74) is 5.17. The SMILES string of the molecule is Cc1cc(C)c(NC(=O)c2cc(C(=O)Nc3cccc(C#N)c3)ccn2)c(C)c1. The van der Waals surface area contributed by atoms with E-state index in [1.54, 1.807) is 24.3 Å². The normalized spacial score (nSPS) is 10.1. The van der Waals surface area contributed by atoms with Crippen molar-refractivity contribution in [1.82, 2.24) is 4.98 Å². The molecule has 1 heterocycles. The van der Waals surface area contributed by atoms with Gasteiger partial charge < -0.3 is 10.6 Å². The zero-order valence-corrected chi connectivity index (χ0v) is 16.4. The van der Waals surface area contributed by atoms with E-state index in [0.717, 1.165) is 22.4 Å². The minimum absolute atomic E-state index is 0.141. The molecule has 6 heteroatoms.